The first-order valence-electron chi connectivity index (χ1n) is 12.0. The minimum absolute atomic E-state index is 0.0978. The molecule has 0 amide bonds. The summed E-state index contributed by atoms with van der Waals surface area (Å²) in [4.78, 5) is 23.0. The highest BCUT2D eigenvalue weighted by Crippen LogP contribution is 2.39. The number of hydrogen-bond donors (Lipinski definition) is 0. The lowest BCUT2D eigenvalue weighted by Crippen LogP contribution is -2.30. The summed E-state index contributed by atoms with van der Waals surface area (Å²) in [5.41, 5.74) is 2.09. The van der Waals surface area contributed by atoms with E-state index in [2.05, 4.69) is 15.1 Å². The molecule has 2 atom stereocenters. The summed E-state index contributed by atoms with van der Waals surface area (Å²) in [6, 6.07) is 4.14. The van der Waals surface area contributed by atoms with Gasteiger partial charge in [-0.15, -0.1) is 0 Å². The molecule has 0 radical (unpaired) electrons. The van der Waals surface area contributed by atoms with Gasteiger partial charge in [-0.25, -0.2) is 18.7 Å². The molecule has 1 saturated heterocycles. The van der Waals surface area contributed by atoms with Crippen LogP contribution in [-0.2, 0) is 4.74 Å². The van der Waals surface area contributed by atoms with Crippen LogP contribution in [0.2, 0.25) is 5.02 Å². The lowest BCUT2D eigenvalue weighted by Gasteiger charge is -2.29. The fourth-order valence-corrected chi connectivity index (χ4v) is 5.11. The zero-order chi connectivity index (χ0) is 25.1. The smallest absolute Gasteiger partial charge is 0.260 e. The van der Waals surface area contributed by atoms with Crippen molar-refractivity contribution < 1.29 is 13.5 Å². The van der Waals surface area contributed by atoms with Gasteiger partial charge in [0.1, 0.15) is 11.2 Å². The van der Waals surface area contributed by atoms with E-state index in [-0.39, 0.29) is 22.7 Å². The Hall–Kier alpha value is -3.17. The van der Waals surface area contributed by atoms with Crippen LogP contribution >= 0.6 is 11.6 Å². The Labute approximate surface area is 210 Å². The molecule has 4 heterocycles. The van der Waals surface area contributed by atoms with Gasteiger partial charge >= 0.3 is 0 Å². The van der Waals surface area contributed by atoms with Crippen molar-refractivity contribution in [1.29, 1.82) is 0 Å². The van der Waals surface area contributed by atoms with Gasteiger partial charge in [-0.2, -0.15) is 5.10 Å². The molecule has 186 valence electrons. The summed E-state index contributed by atoms with van der Waals surface area (Å²) in [5.74, 6) is -2.09. The molecule has 6 rings (SSSR count). The molecule has 0 spiro atoms. The van der Waals surface area contributed by atoms with Crippen molar-refractivity contribution in [1.82, 2.24) is 24.3 Å². The van der Waals surface area contributed by atoms with Crippen LogP contribution in [0.3, 0.4) is 0 Å². The number of ether oxygens (including phenoxy) is 1. The number of pyridine rings is 1. The molecule has 2 fully saturated rings. The molecule has 1 aliphatic heterocycles. The maximum absolute atomic E-state index is 15.1. The molecule has 7 nitrogen and oxygen atoms in total. The Morgan fingerprint density at radius 1 is 1.06 bits per heavy atom. The third kappa shape index (κ3) is 4.00. The second-order valence-electron chi connectivity index (χ2n) is 9.63. The van der Waals surface area contributed by atoms with Crippen LogP contribution < -0.4 is 5.56 Å². The number of fused-ring (bicyclic) bond motifs is 1. The van der Waals surface area contributed by atoms with E-state index in [9.17, 15) is 4.79 Å². The molecule has 1 saturated carbocycles. The minimum Gasteiger partial charge on any atom is -0.373 e. The maximum Gasteiger partial charge on any atom is 0.260 e. The zero-order valence-electron chi connectivity index (χ0n) is 19.8. The van der Waals surface area contributed by atoms with E-state index in [1.807, 2.05) is 24.0 Å². The van der Waals surface area contributed by atoms with E-state index in [0.717, 1.165) is 35.1 Å². The number of aromatic nitrogens is 5. The highest BCUT2D eigenvalue weighted by molar-refractivity contribution is 6.30. The van der Waals surface area contributed by atoms with Crippen molar-refractivity contribution in [3.63, 3.8) is 0 Å². The average Bonchev–Trinajstić information content (AvgIpc) is 3.57. The normalized spacial score (nSPS) is 20.2. The number of benzene rings is 1. The average molecular weight is 512 g/mol. The Morgan fingerprint density at radius 2 is 1.78 bits per heavy atom. The van der Waals surface area contributed by atoms with Crippen molar-refractivity contribution in [2.75, 3.05) is 6.61 Å². The highest BCUT2D eigenvalue weighted by Gasteiger charge is 2.31. The summed E-state index contributed by atoms with van der Waals surface area (Å²) < 4.78 is 39.1. The van der Waals surface area contributed by atoms with Gasteiger partial charge in [0.25, 0.3) is 5.56 Å². The number of nitrogens with zero attached hydrogens (tertiary/aromatic N) is 5. The fraction of sp³-hybridized carbons (Fsp3) is 0.385. The van der Waals surface area contributed by atoms with Gasteiger partial charge < -0.3 is 4.74 Å². The minimum atomic E-state index is -0.946. The molecule has 0 unspecified atom stereocenters. The Morgan fingerprint density at radius 3 is 2.50 bits per heavy atom. The third-order valence-electron chi connectivity index (χ3n) is 7.11. The van der Waals surface area contributed by atoms with E-state index in [0.29, 0.717) is 48.0 Å². The number of rotatable bonds is 4. The first-order valence-corrected chi connectivity index (χ1v) is 12.4. The molecule has 1 aromatic carbocycles. The molecule has 10 heteroatoms. The Balaban J connectivity index is 1.49. The van der Waals surface area contributed by atoms with E-state index >= 15 is 8.78 Å². The van der Waals surface area contributed by atoms with Crippen molar-refractivity contribution in [3.8, 4) is 5.69 Å². The van der Waals surface area contributed by atoms with Crippen molar-refractivity contribution in [2.45, 2.75) is 57.6 Å². The van der Waals surface area contributed by atoms with Gasteiger partial charge in [0.05, 0.1) is 29.7 Å². The van der Waals surface area contributed by atoms with Crippen LogP contribution in [0.5, 0.6) is 0 Å². The van der Waals surface area contributed by atoms with Gasteiger partial charge in [0, 0.05) is 29.0 Å². The summed E-state index contributed by atoms with van der Waals surface area (Å²) in [6.07, 6.45) is 7.00. The monoisotopic (exact) mass is 511 g/mol. The van der Waals surface area contributed by atoms with E-state index in [1.54, 1.807) is 13.0 Å². The van der Waals surface area contributed by atoms with Crippen LogP contribution in [0.15, 0.2) is 35.4 Å². The quantitative estimate of drug-likeness (QED) is 0.362. The van der Waals surface area contributed by atoms with Crippen LogP contribution in [0.4, 0.5) is 8.78 Å². The maximum atomic E-state index is 15.1. The largest absolute Gasteiger partial charge is 0.373 e. The molecular formula is C26H24ClF2N5O2. The highest BCUT2D eigenvalue weighted by atomic mass is 35.5. The predicted octanol–water partition coefficient (Wildman–Crippen LogP) is 5.50. The summed E-state index contributed by atoms with van der Waals surface area (Å²) in [7, 11) is 0. The molecule has 2 aliphatic rings. The van der Waals surface area contributed by atoms with E-state index < -0.39 is 22.9 Å². The number of halogens is 3. The summed E-state index contributed by atoms with van der Waals surface area (Å²) >= 11 is 5.85. The van der Waals surface area contributed by atoms with Crippen LogP contribution in [0, 0.1) is 25.5 Å². The first-order chi connectivity index (χ1) is 17.3. The topological polar surface area (TPSA) is 74.8 Å². The number of aryl methyl sites for hydroxylation is 2. The van der Waals surface area contributed by atoms with Crippen LogP contribution in [0.25, 0.3) is 16.9 Å². The van der Waals surface area contributed by atoms with Crippen molar-refractivity contribution >= 4 is 22.8 Å². The predicted molar refractivity (Wildman–Crippen MR) is 131 cm³/mol. The standard InChI is InChI=1S/C26H24ClF2N5O2/c1-13-14(2)32-25-22(31-13)10-19(26(35)34(25)24-20(28)8-17(27)9-21(24)29)15-5-6-36-23(7-15)16-11-30-33(12-16)18-3-4-18/h8-12,15,18,23H,3-7H2,1-2H3/t15-,23+/m0/s1. The molecular weight excluding hydrogens is 488 g/mol. The van der Waals surface area contributed by atoms with Gasteiger partial charge in [0.15, 0.2) is 17.3 Å². The third-order valence-corrected chi connectivity index (χ3v) is 7.33. The second-order valence-corrected chi connectivity index (χ2v) is 10.1. The summed E-state index contributed by atoms with van der Waals surface area (Å²) in [5, 5.41) is 4.37. The lowest BCUT2D eigenvalue weighted by molar-refractivity contribution is 0.00501. The van der Waals surface area contributed by atoms with Gasteiger partial charge in [-0.3, -0.25) is 14.0 Å². The SMILES string of the molecule is Cc1nc2cc([C@H]3CCO[C@@H](c4cnn(C5CC5)c4)C3)c(=O)n(-c3c(F)cc(Cl)cc3F)c2nc1C. The van der Waals surface area contributed by atoms with Crippen LogP contribution in [-0.4, -0.2) is 30.9 Å². The molecule has 1 aliphatic carbocycles. The van der Waals surface area contributed by atoms with Gasteiger partial charge in [0.2, 0.25) is 0 Å². The van der Waals surface area contributed by atoms with Crippen molar-refractivity contribution in [3.05, 3.63) is 80.1 Å². The van der Waals surface area contributed by atoms with E-state index in [4.69, 9.17) is 16.3 Å². The van der Waals surface area contributed by atoms with E-state index in [1.165, 1.54) is 0 Å². The Kier molecular flexibility index (Phi) is 5.64. The van der Waals surface area contributed by atoms with Crippen molar-refractivity contribution in [2.24, 2.45) is 0 Å². The summed E-state index contributed by atoms with van der Waals surface area (Å²) in [6.45, 7) is 4.00. The first kappa shape index (κ1) is 23.2. The van der Waals surface area contributed by atoms with Gasteiger partial charge in [-0.05, 0) is 63.6 Å². The second kappa shape index (κ2) is 8.74. The molecule has 4 aromatic rings. The lowest BCUT2D eigenvalue weighted by atomic mass is 9.87. The molecule has 36 heavy (non-hydrogen) atoms. The number of hydrogen-bond acceptors (Lipinski definition) is 5. The fourth-order valence-electron chi connectivity index (χ4n) is 4.92. The zero-order valence-corrected chi connectivity index (χ0v) is 20.6. The van der Waals surface area contributed by atoms with Crippen LogP contribution in [0.1, 0.15) is 66.3 Å². The van der Waals surface area contributed by atoms with Gasteiger partial charge in [-0.1, -0.05) is 11.6 Å². The Bertz CT molecular complexity index is 1540. The molecule has 0 N–H and O–H groups in total. The molecule has 0 bridgehead atoms. The molecule has 3 aromatic heterocycles.